The molecule has 0 radical (unpaired) electrons. The second-order valence-corrected chi connectivity index (χ2v) is 5.81. The highest BCUT2D eigenvalue weighted by Gasteiger charge is 2.19. The van der Waals surface area contributed by atoms with Gasteiger partial charge in [0.1, 0.15) is 0 Å². The molecule has 0 aliphatic carbocycles. The highest BCUT2D eigenvalue weighted by Crippen LogP contribution is 2.29. The monoisotopic (exact) mass is 295 g/mol. The summed E-state index contributed by atoms with van der Waals surface area (Å²) in [5.41, 5.74) is 3.24. The van der Waals surface area contributed by atoms with Crippen molar-refractivity contribution >= 4 is 23.1 Å². The first-order chi connectivity index (χ1) is 9.13. The number of rotatable bonds is 5. The molecular formula is C14H18ClN3S. The molecule has 1 N–H and O–H groups in total. The first-order valence-electron chi connectivity index (χ1n) is 6.41. The van der Waals surface area contributed by atoms with E-state index in [1.165, 1.54) is 17.1 Å². The number of aromatic nitrogens is 2. The number of halogens is 1. The van der Waals surface area contributed by atoms with Crippen LogP contribution in [0.3, 0.4) is 0 Å². The van der Waals surface area contributed by atoms with Gasteiger partial charge in [-0.2, -0.15) is 0 Å². The fraction of sp³-hybridized carbons (Fsp3) is 0.429. The van der Waals surface area contributed by atoms with Gasteiger partial charge in [0, 0.05) is 5.02 Å². The normalized spacial score (nSPS) is 12.6. The molecule has 1 aromatic heterocycles. The van der Waals surface area contributed by atoms with E-state index in [2.05, 4.69) is 34.0 Å². The predicted octanol–water partition coefficient (Wildman–Crippen LogP) is 3.90. The van der Waals surface area contributed by atoms with Crippen molar-refractivity contribution < 1.29 is 0 Å². The standard InChI is InChI=1S/C14H18ClN3S/c1-4-7-16-13(14-10(3)17-18-19-14)11-6-5-9(2)12(15)8-11/h5-6,8,13,16H,4,7H2,1-3H3. The maximum atomic E-state index is 6.24. The first-order valence-corrected chi connectivity index (χ1v) is 7.57. The summed E-state index contributed by atoms with van der Waals surface area (Å²) in [6.07, 6.45) is 1.08. The fourth-order valence-corrected chi connectivity index (χ4v) is 2.88. The maximum Gasteiger partial charge on any atom is 0.0776 e. The number of benzene rings is 1. The van der Waals surface area contributed by atoms with Gasteiger partial charge in [0.05, 0.1) is 16.6 Å². The zero-order valence-electron chi connectivity index (χ0n) is 11.4. The Labute approximate surface area is 123 Å². The van der Waals surface area contributed by atoms with E-state index >= 15 is 0 Å². The van der Waals surface area contributed by atoms with Gasteiger partial charge in [-0.1, -0.05) is 35.1 Å². The zero-order valence-corrected chi connectivity index (χ0v) is 13.0. The average Bonchev–Trinajstić information content (AvgIpc) is 2.80. The van der Waals surface area contributed by atoms with Crippen LogP contribution in [-0.4, -0.2) is 16.1 Å². The lowest BCUT2D eigenvalue weighted by Gasteiger charge is -2.18. The van der Waals surface area contributed by atoms with Crippen LogP contribution in [0.15, 0.2) is 18.2 Å². The van der Waals surface area contributed by atoms with E-state index in [1.807, 2.05) is 19.9 Å². The van der Waals surface area contributed by atoms with Crippen molar-refractivity contribution in [2.45, 2.75) is 33.2 Å². The van der Waals surface area contributed by atoms with Crippen LogP contribution in [0.1, 0.15) is 41.1 Å². The van der Waals surface area contributed by atoms with E-state index in [4.69, 9.17) is 11.6 Å². The van der Waals surface area contributed by atoms with Gasteiger partial charge >= 0.3 is 0 Å². The van der Waals surface area contributed by atoms with Crippen LogP contribution in [0.4, 0.5) is 0 Å². The van der Waals surface area contributed by atoms with Gasteiger partial charge in [0.2, 0.25) is 0 Å². The molecule has 0 saturated heterocycles. The molecule has 0 aliphatic heterocycles. The Bertz CT molecular complexity index is 553. The van der Waals surface area contributed by atoms with Crippen molar-refractivity contribution in [3.63, 3.8) is 0 Å². The zero-order chi connectivity index (χ0) is 13.8. The van der Waals surface area contributed by atoms with Crippen molar-refractivity contribution in [2.24, 2.45) is 0 Å². The van der Waals surface area contributed by atoms with Crippen LogP contribution in [0, 0.1) is 13.8 Å². The second kappa shape index (κ2) is 6.46. The summed E-state index contributed by atoms with van der Waals surface area (Å²) in [6.45, 7) is 7.12. The van der Waals surface area contributed by atoms with E-state index in [-0.39, 0.29) is 6.04 Å². The molecule has 1 unspecified atom stereocenters. The number of hydrogen-bond acceptors (Lipinski definition) is 4. The number of nitrogens with one attached hydrogen (secondary N) is 1. The third-order valence-electron chi connectivity index (χ3n) is 3.08. The fourth-order valence-electron chi connectivity index (χ4n) is 1.94. The molecule has 0 spiro atoms. The van der Waals surface area contributed by atoms with Gasteiger partial charge in [-0.25, -0.2) is 0 Å². The summed E-state index contributed by atoms with van der Waals surface area (Å²) in [7, 11) is 0. The van der Waals surface area contributed by atoms with Crippen molar-refractivity contribution in [1.29, 1.82) is 0 Å². The molecule has 0 amide bonds. The van der Waals surface area contributed by atoms with Crippen molar-refractivity contribution in [3.05, 3.63) is 44.9 Å². The van der Waals surface area contributed by atoms with E-state index in [0.29, 0.717) is 0 Å². The molecule has 19 heavy (non-hydrogen) atoms. The number of nitrogens with zero attached hydrogens (tertiary/aromatic N) is 2. The molecule has 0 saturated carbocycles. The molecule has 3 nitrogen and oxygen atoms in total. The molecule has 0 fully saturated rings. The molecule has 0 bridgehead atoms. The lowest BCUT2D eigenvalue weighted by atomic mass is 10.0. The summed E-state index contributed by atoms with van der Waals surface area (Å²) < 4.78 is 4.03. The van der Waals surface area contributed by atoms with Gasteiger partial charge in [-0.3, -0.25) is 0 Å². The van der Waals surface area contributed by atoms with Gasteiger partial charge in [-0.05, 0) is 55.5 Å². The Kier molecular flexibility index (Phi) is 4.91. The van der Waals surface area contributed by atoms with Crippen molar-refractivity contribution in [2.75, 3.05) is 6.54 Å². The minimum absolute atomic E-state index is 0.123. The van der Waals surface area contributed by atoms with Crippen molar-refractivity contribution in [3.8, 4) is 0 Å². The summed E-state index contributed by atoms with van der Waals surface area (Å²) in [5, 5.41) is 8.46. The Morgan fingerprint density at radius 1 is 1.37 bits per heavy atom. The summed E-state index contributed by atoms with van der Waals surface area (Å²) in [6, 6.07) is 6.33. The maximum absolute atomic E-state index is 6.24. The highest BCUT2D eigenvalue weighted by atomic mass is 35.5. The Morgan fingerprint density at radius 2 is 2.16 bits per heavy atom. The van der Waals surface area contributed by atoms with E-state index in [9.17, 15) is 0 Å². The van der Waals surface area contributed by atoms with Crippen LogP contribution in [0.2, 0.25) is 5.02 Å². The number of hydrogen-bond donors (Lipinski definition) is 1. The molecule has 0 aliphatic rings. The molecule has 1 heterocycles. The molecule has 2 aromatic rings. The molecule has 2 rings (SSSR count). The van der Waals surface area contributed by atoms with Crippen LogP contribution in [-0.2, 0) is 0 Å². The summed E-state index contributed by atoms with van der Waals surface area (Å²) >= 11 is 7.68. The third-order valence-corrected chi connectivity index (χ3v) is 4.37. The van der Waals surface area contributed by atoms with Crippen LogP contribution >= 0.6 is 23.1 Å². The highest BCUT2D eigenvalue weighted by molar-refractivity contribution is 7.05. The van der Waals surface area contributed by atoms with Gasteiger partial charge in [0.25, 0.3) is 0 Å². The molecule has 5 heteroatoms. The summed E-state index contributed by atoms with van der Waals surface area (Å²) in [4.78, 5) is 1.16. The lowest BCUT2D eigenvalue weighted by Crippen LogP contribution is -2.23. The minimum atomic E-state index is 0.123. The Hall–Kier alpha value is -0.970. The Morgan fingerprint density at radius 3 is 2.74 bits per heavy atom. The average molecular weight is 296 g/mol. The van der Waals surface area contributed by atoms with Crippen LogP contribution in [0.5, 0.6) is 0 Å². The van der Waals surface area contributed by atoms with E-state index in [0.717, 1.165) is 34.1 Å². The number of aryl methyl sites for hydroxylation is 2. The first kappa shape index (κ1) is 14.4. The van der Waals surface area contributed by atoms with Crippen LogP contribution in [0.25, 0.3) is 0 Å². The molecule has 1 atom stereocenters. The SMILES string of the molecule is CCCNC(c1ccc(C)c(Cl)c1)c1snnc1C. The van der Waals surface area contributed by atoms with Gasteiger partial charge < -0.3 is 5.32 Å². The molecular weight excluding hydrogens is 278 g/mol. The predicted molar refractivity (Wildman–Crippen MR) is 81.0 cm³/mol. The van der Waals surface area contributed by atoms with E-state index < -0.39 is 0 Å². The summed E-state index contributed by atoms with van der Waals surface area (Å²) in [5.74, 6) is 0. The third kappa shape index (κ3) is 3.32. The Balaban J connectivity index is 2.37. The molecule has 1 aromatic carbocycles. The minimum Gasteiger partial charge on any atom is -0.305 e. The smallest absolute Gasteiger partial charge is 0.0776 e. The largest absolute Gasteiger partial charge is 0.305 e. The molecule has 102 valence electrons. The van der Waals surface area contributed by atoms with Crippen molar-refractivity contribution in [1.82, 2.24) is 14.9 Å². The second-order valence-electron chi connectivity index (χ2n) is 4.62. The van der Waals surface area contributed by atoms with Gasteiger partial charge in [0.15, 0.2) is 0 Å². The lowest BCUT2D eigenvalue weighted by molar-refractivity contribution is 0.602. The quantitative estimate of drug-likeness (QED) is 0.909. The topological polar surface area (TPSA) is 37.8 Å². The van der Waals surface area contributed by atoms with Gasteiger partial charge in [-0.15, -0.1) is 5.10 Å². The van der Waals surface area contributed by atoms with E-state index in [1.54, 1.807) is 0 Å². The van der Waals surface area contributed by atoms with Crippen LogP contribution < -0.4 is 5.32 Å².